The summed E-state index contributed by atoms with van der Waals surface area (Å²) in [6, 6.07) is 1.48. The molecule has 0 aliphatic carbocycles. The van der Waals surface area contributed by atoms with Gasteiger partial charge < -0.3 is 4.57 Å². The lowest BCUT2D eigenvalue weighted by atomic mass is 9.84. The van der Waals surface area contributed by atoms with Gasteiger partial charge in [0.25, 0.3) is 0 Å². The van der Waals surface area contributed by atoms with Crippen molar-refractivity contribution in [3.05, 3.63) is 18.2 Å². The van der Waals surface area contributed by atoms with Gasteiger partial charge in [0.1, 0.15) is 0 Å². The molecule has 4 nitrogen and oxygen atoms in total. The number of fused-ring (bicyclic) bond motifs is 2. The van der Waals surface area contributed by atoms with Crippen molar-refractivity contribution in [2.24, 2.45) is 7.05 Å². The lowest BCUT2D eigenvalue weighted by Crippen LogP contribution is -2.70. The van der Waals surface area contributed by atoms with Crippen molar-refractivity contribution < 1.29 is 0 Å². The first kappa shape index (κ1) is 12.2. The van der Waals surface area contributed by atoms with E-state index in [0.29, 0.717) is 5.54 Å². The number of hydrogen-bond donors (Lipinski definition) is 0. The van der Waals surface area contributed by atoms with Crippen molar-refractivity contribution in [2.75, 3.05) is 13.1 Å². The molecule has 0 N–H and O–H groups in total. The Morgan fingerprint density at radius 1 is 1.28 bits per heavy atom. The number of rotatable bonds is 2. The Bertz CT molecular complexity index is 419. The van der Waals surface area contributed by atoms with Gasteiger partial charge in [-0.25, -0.2) is 4.98 Å². The van der Waals surface area contributed by atoms with Gasteiger partial charge in [0.15, 0.2) is 0 Å². The molecule has 2 aliphatic rings. The van der Waals surface area contributed by atoms with Crippen molar-refractivity contribution in [2.45, 2.75) is 51.4 Å². The SMILES string of the molecule is Cn1cnc(CN2C3CC2CN(C(C)(C)C)C3)c1. The fourth-order valence-electron chi connectivity index (χ4n) is 3.23. The zero-order chi connectivity index (χ0) is 12.9. The maximum Gasteiger partial charge on any atom is 0.0947 e. The highest BCUT2D eigenvalue weighted by Crippen LogP contribution is 2.36. The molecule has 2 atom stereocenters. The molecular weight excluding hydrogens is 224 g/mol. The highest BCUT2D eigenvalue weighted by Gasteiger charge is 2.46. The Morgan fingerprint density at radius 3 is 2.44 bits per heavy atom. The molecular formula is C14H24N4. The summed E-state index contributed by atoms with van der Waals surface area (Å²) < 4.78 is 2.03. The minimum atomic E-state index is 0.313. The molecule has 3 rings (SSSR count). The molecule has 2 saturated heterocycles. The number of likely N-dealkylation sites (tertiary alicyclic amines) is 2. The summed E-state index contributed by atoms with van der Waals surface area (Å²) in [5.74, 6) is 0. The number of hydrogen-bond acceptors (Lipinski definition) is 3. The average molecular weight is 248 g/mol. The molecule has 3 heterocycles. The summed E-state index contributed by atoms with van der Waals surface area (Å²) in [5, 5.41) is 0. The van der Waals surface area contributed by atoms with Gasteiger partial charge in [0.2, 0.25) is 0 Å². The van der Waals surface area contributed by atoms with Gasteiger partial charge in [-0.15, -0.1) is 0 Å². The van der Waals surface area contributed by atoms with Crippen LogP contribution in [0.25, 0.3) is 0 Å². The Balaban J connectivity index is 1.62. The van der Waals surface area contributed by atoms with Crippen LogP contribution in [0, 0.1) is 0 Å². The van der Waals surface area contributed by atoms with Gasteiger partial charge in [-0.2, -0.15) is 0 Å². The van der Waals surface area contributed by atoms with Gasteiger partial charge in [0.05, 0.1) is 12.0 Å². The van der Waals surface area contributed by atoms with Crippen LogP contribution in [0.1, 0.15) is 32.9 Å². The first-order valence-corrected chi connectivity index (χ1v) is 6.91. The molecule has 1 aromatic heterocycles. The van der Waals surface area contributed by atoms with Crippen LogP contribution in [0.15, 0.2) is 12.5 Å². The number of piperidine rings is 1. The van der Waals surface area contributed by atoms with Crippen LogP contribution >= 0.6 is 0 Å². The fourth-order valence-corrected chi connectivity index (χ4v) is 3.23. The Labute approximate surface area is 110 Å². The monoisotopic (exact) mass is 248 g/mol. The van der Waals surface area contributed by atoms with Gasteiger partial charge in [0, 0.05) is 50.5 Å². The largest absolute Gasteiger partial charge is 0.340 e. The average Bonchev–Trinajstić information content (AvgIpc) is 2.71. The van der Waals surface area contributed by atoms with Gasteiger partial charge in [-0.1, -0.05) is 0 Å². The van der Waals surface area contributed by atoms with Crippen LogP contribution in [0.2, 0.25) is 0 Å². The van der Waals surface area contributed by atoms with Crippen molar-refractivity contribution in [1.82, 2.24) is 19.4 Å². The van der Waals surface area contributed by atoms with Crippen LogP contribution in [-0.4, -0.2) is 50.1 Å². The van der Waals surface area contributed by atoms with E-state index in [1.54, 1.807) is 0 Å². The summed E-state index contributed by atoms with van der Waals surface area (Å²) in [6.07, 6.45) is 5.40. The lowest BCUT2D eigenvalue weighted by molar-refractivity contribution is -0.100. The number of nitrogens with zero attached hydrogens (tertiary/aromatic N) is 4. The topological polar surface area (TPSA) is 24.3 Å². The zero-order valence-corrected chi connectivity index (χ0v) is 11.9. The van der Waals surface area contributed by atoms with Crippen molar-refractivity contribution in [1.29, 1.82) is 0 Å². The summed E-state index contributed by atoms with van der Waals surface area (Å²) in [4.78, 5) is 9.70. The normalized spacial score (nSPS) is 29.3. The van der Waals surface area contributed by atoms with E-state index in [-0.39, 0.29) is 0 Å². The van der Waals surface area contributed by atoms with E-state index in [2.05, 4.69) is 41.8 Å². The maximum absolute atomic E-state index is 4.44. The third-order valence-corrected chi connectivity index (χ3v) is 4.40. The third-order valence-electron chi connectivity index (χ3n) is 4.40. The number of aryl methyl sites for hydroxylation is 1. The standard InChI is InChI=1S/C14H24N4/c1-14(2,3)17-8-12-5-13(9-17)18(12)7-11-6-16(4)10-15-11/h6,10,12-13H,5,7-9H2,1-4H3. The zero-order valence-electron chi connectivity index (χ0n) is 11.9. The van der Waals surface area contributed by atoms with Gasteiger partial charge in [-0.05, 0) is 27.2 Å². The second-order valence-electron chi connectivity index (χ2n) is 6.82. The first-order chi connectivity index (χ1) is 8.43. The van der Waals surface area contributed by atoms with Crippen molar-refractivity contribution in [3.8, 4) is 0 Å². The molecule has 2 fully saturated rings. The van der Waals surface area contributed by atoms with Crippen molar-refractivity contribution >= 4 is 0 Å². The van der Waals surface area contributed by atoms with Crippen LogP contribution in [0.3, 0.4) is 0 Å². The Hall–Kier alpha value is -0.870. The van der Waals surface area contributed by atoms with E-state index in [9.17, 15) is 0 Å². The summed E-state index contributed by atoms with van der Waals surface area (Å²) in [5.41, 5.74) is 1.52. The van der Waals surface area contributed by atoms with Gasteiger partial charge in [-0.3, -0.25) is 9.80 Å². The van der Waals surface area contributed by atoms with Crippen LogP contribution < -0.4 is 0 Å². The van der Waals surface area contributed by atoms with Crippen LogP contribution in [0.4, 0.5) is 0 Å². The van der Waals surface area contributed by atoms with E-state index in [1.807, 2.05) is 17.9 Å². The van der Waals surface area contributed by atoms with E-state index in [0.717, 1.165) is 18.6 Å². The molecule has 0 saturated carbocycles. The summed E-state index contributed by atoms with van der Waals surface area (Å²) >= 11 is 0. The predicted octanol–water partition coefficient (Wildman–Crippen LogP) is 1.48. The molecule has 0 amide bonds. The molecule has 2 unspecified atom stereocenters. The lowest BCUT2D eigenvalue weighted by Gasteiger charge is -2.59. The summed E-state index contributed by atoms with van der Waals surface area (Å²) in [7, 11) is 2.04. The quantitative estimate of drug-likeness (QED) is 0.792. The molecule has 0 aromatic carbocycles. The van der Waals surface area contributed by atoms with E-state index >= 15 is 0 Å². The molecule has 18 heavy (non-hydrogen) atoms. The highest BCUT2D eigenvalue weighted by molar-refractivity contribution is 5.06. The molecule has 0 radical (unpaired) electrons. The molecule has 0 spiro atoms. The van der Waals surface area contributed by atoms with Crippen LogP contribution in [0.5, 0.6) is 0 Å². The molecule has 1 aromatic rings. The first-order valence-electron chi connectivity index (χ1n) is 6.91. The van der Waals surface area contributed by atoms with Crippen molar-refractivity contribution in [3.63, 3.8) is 0 Å². The minimum absolute atomic E-state index is 0.313. The fraction of sp³-hybridized carbons (Fsp3) is 0.786. The Kier molecular flexibility index (Phi) is 2.75. The number of piperazine rings is 1. The highest BCUT2D eigenvalue weighted by atomic mass is 15.4. The number of imidazole rings is 1. The third kappa shape index (κ3) is 2.08. The van der Waals surface area contributed by atoms with Crippen LogP contribution in [-0.2, 0) is 13.6 Å². The summed E-state index contributed by atoms with van der Waals surface area (Å²) in [6.45, 7) is 10.4. The van der Waals surface area contributed by atoms with E-state index in [4.69, 9.17) is 0 Å². The van der Waals surface area contributed by atoms with E-state index in [1.165, 1.54) is 25.2 Å². The molecule has 2 aliphatic heterocycles. The minimum Gasteiger partial charge on any atom is -0.340 e. The second-order valence-corrected chi connectivity index (χ2v) is 6.82. The predicted molar refractivity (Wildman–Crippen MR) is 72.3 cm³/mol. The molecule has 2 bridgehead atoms. The number of aromatic nitrogens is 2. The second kappa shape index (κ2) is 4.07. The molecule has 100 valence electrons. The Morgan fingerprint density at radius 2 is 1.94 bits per heavy atom. The van der Waals surface area contributed by atoms with Gasteiger partial charge >= 0.3 is 0 Å². The van der Waals surface area contributed by atoms with E-state index < -0.39 is 0 Å². The maximum atomic E-state index is 4.44. The molecule has 4 heteroatoms. The smallest absolute Gasteiger partial charge is 0.0947 e.